The molecule has 3 rings (SSSR count). The third kappa shape index (κ3) is 2.32. The number of piperidine rings is 1. The van der Waals surface area contributed by atoms with E-state index in [9.17, 15) is 0 Å². The number of nitrogens with one attached hydrogen (secondary N) is 1. The lowest BCUT2D eigenvalue weighted by Gasteiger charge is -2.26. The Morgan fingerprint density at radius 1 is 1.29 bits per heavy atom. The molecule has 2 unspecified atom stereocenters. The van der Waals surface area contributed by atoms with Crippen LogP contribution < -0.4 is 5.32 Å². The van der Waals surface area contributed by atoms with Crippen LogP contribution in [0.15, 0.2) is 24.3 Å². The maximum atomic E-state index is 3.56. The lowest BCUT2D eigenvalue weighted by molar-refractivity contribution is 0.221. The van der Waals surface area contributed by atoms with Gasteiger partial charge in [0.1, 0.15) is 0 Å². The van der Waals surface area contributed by atoms with E-state index in [0.29, 0.717) is 0 Å². The van der Waals surface area contributed by atoms with Gasteiger partial charge in [-0.25, -0.2) is 0 Å². The Morgan fingerprint density at radius 2 is 2.18 bits per heavy atom. The van der Waals surface area contributed by atoms with E-state index >= 15 is 0 Å². The van der Waals surface area contributed by atoms with Gasteiger partial charge in [-0.05, 0) is 43.7 Å². The van der Waals surface area contributed by atoms with Gasteiger partial charge in [-0.1, -0.05) is 18.2 Å². The Hall–Kier alpha value is -1.02. The molecule has 1 aromatic rings. The second kappa shape index (κ2) is 4.69. The molecule has 0 radical (unpaired) electrons. The van der Waals surface area contributed by atoms with E-state index in [1.165, 1.54) is 43.6 Å². The van der Waals surface area contributed by atoms with Crippen molar-refractivity contribution in [1.29, 1.82) is 0 Å². The smallest absolute Gasteiger partial charge is 0.0370 e. The first kappa shape index (κ1) is 11.1. The lowest BCUT2D eigenvalue weighted by Crippen LogP contribution is -2.35. The molecule has 0 aromatic heterocycles. The highest BCUT2D eigenvalue weighted by Crippen LogP contribution is 2.36. The molecule has 2 bridgehead atoms. The van der Waals surface area contributed by atoms with E-state index in [4.69, 9.17) is 0 Å². The average molecular weight is 230 g/mol. The van der Waals surface area contributed by atoms with Crippen LogP contribution in [0.2, 0.25) is 0 Å². The van der Waals surface area contributed by atoms with E-state index in [1.807, 2.05) is 0 Å². The highest BCUT2D eigenvalue weighted by atomic mass is 15.2. The second-order valence-electron chi connectivity index (χ2n) is 5.57. The first-order chi connectivity index (χ1) is 8.33. The molecular formula is C15H22N2. The molecule has 0 amide bonds. The Balaban J connectivity index is 1.48. The topological polar surface area (TPSA) is 15.3 Å². The van der Waals surface area contributed by atoms with Gasteiger partial charge in [-0.2, -0.15) is 0 Å². The Kier molecular flexibility index (Phi) is 3.06. The molecule has 1 saturated carbocycles. The summed E-state index contributed by atoms with van der Waals surface area (Å²) in [5.74, 6) is 1.01. The summed E-state index contributed by atoms with van der Waals surface area (Å²) in [7, 11) is 0. The van der Waals surface area contributed by atoms with Crippen molar-refractivity contribution >= 4 is 5.69 Å². The predicted molar refractivity (Wildman–Crippen MR) is 72.4 cm³/mol. The van der Waals surface area contributed by atoms with E-state index < -0.39 is 0 Å². The van der Waals surface area contributed by atoms with Crippen LogP contribution >= 0.6 is 0 Å². The molecule has 2 nitrogen and oxygen atoms in total. The first-order valence-corrected chi connectivity index (χ1v) is 6.86. The van der Waals surface area contributed by atoms with Gasteiger partial charge in [0.15, 0.2) is 0 Å². The number of likely N-dealkylation sites (tertiary alicyclic amines) is 1. The number of benzene rings is 1. The van der Waals surface area contributed by atoms with Crippen molar-refractivity contribution in [2.75, 3.05) is 25.0 Å². The Bertz CT molecular complexity index is 388. The summed E-state index contributed by atoms with van der Waals surface area (Å²) in [6.45, 7) is 5.80. The number of aryl methyl sites for hydroxylation is 1. The zero-order valence-corrected chi connectivity index (χ0v) is 10.7. The molecule has 0 spiro atoms. The van der Waals surface area contributed by atoms with Crippen LogP contribution in [0, 0.1) is 12.8 Å². The van der Waals surface area contributed by atoms with Crippen molar-refractivity contribution in [3.63, 3.8) is 0 Å². The van der Waals surface area contributed by atoms with Crippen LogP contribution in [0.1, 0.15) is 24.8 Å². The van der Waals surface area contributed by atoms with E-state index in [-0.39, 0.29) is 0 Å². The fourth-order valence-corrected chi connectivity index (χ4v) is 3.41. The maximum Gasteiger partial charge on any atom is 0.0370 e. The number of para-hydroxylation sites is 1. The van der Waals surface area contributed by atoms with Crippen LogP contribution in [-0.4, -0.2) is 30.6 Å². The van der Waals surface area contributed by atoms with Crippen LogP contribution in [0.3, 0.4) is 0 Å². The Morgan fingerprint density at radius 3 is 2.88 bits per heavy atom. The van der Waals surface area contributed by atoms with Gasteiger partial charge in [0, 0.05) is 31.4 Å². The molecule has 2 fully saturated rings. The van der Waals surface area contributed by atoms with Crippen molar-refractivity contribution in [3.8, 4) is 0 Å². The van der Waals surface area contributed by atoms with Crippen LogP contribution in [-0.2, 0) is 0 Å². The molecule has 2 aliphatic rings. The lowest BCUT2D eigenvalue weighted by atomic mass is 10.1. The van der Waals surface area contributed by atoms with Gasteiger partial charge < -0.3 is 5.32 Å². The van der Waals surface area contributed by atoms with E-state index in [0.717, 1.165) is 18.5 Å². The zero-order chi connectivity index (χ0) is 11.7. The normalized spacial score (nSPS) is 27.6. The summed E-state index contributed by atoms with van der Waals surface area (Å²) in [5.41, 5.74) is 2.63. The fourth-order valence-electron chi connectivity index (χ4n) is 3.41. The summed E-state index contributed by atoms with van der Waals surface area (Å²) in [6.07, 6.45) is 4.38. The second-order valence-corrected chi connectivity index (χ2v) is 5.57. The van der Waals surface area contributed by atoms with Crippen molar-refractivity contribution in [3.05, 3.63) is 29.8 Å². The molecule has 1 aliphatic heterocycles. The minimum absolute atomic E-state index is 0.902. The van der Waals surface area contributed by atoms with Crippen molar-refractivity contribution in [1.82, 2.24) is 4.90 Å². The van der Waals surface area contributed by atoms with Crippen LogP contribution in [0.25, 0.3) is 0 Å². The number of anilines is 1. The minimum Gasteiger partial charge on any atom is -0.384 e. The van der Waals surface area contributed by atoms with Gasteiger partial charge >= 0.3 is 0 Å². The number of hydrogen-bond donors (Lipinski definition) is 1. The quantitative estimate of drug-likeness (QED) is 0.855. The van der Waals surface area contributed by atoms with Crippen molar-refractivity contribution < 1.29 is 0 Å². The highest BCUT2D eigenvalue weighted by molar-refractivity contribution is 5.50. The molecule has 1 heterocycles. The molecule has 1 aromatic carbocycles. The summed E-state index contributed by atoms with van der Waals surface area (Å²) in [4.78, 5) is 2.68. The number of rotatable bonds is 4. The van der Waals surface area contributed by atoms with Crippen molar-refractivity contribution in [2.45, 2.75) is 32.2 Å². The summed E-state index contributed by atoms with van der Waals surface area (Å²) in [6, 6.07) is 9.44. The first-order valence-electron chi connectivity index (χ1n) is 6.86. The molecule has 2 atom stereocenters. The summed E-state index contributed by atoms with van der Waals surface area (Å²) < 4.78 is 0. The van der Waals surface area contributed by atoms with Gasteiger partial charge in [0.25, 0.3) is 0 Å². The number of fused-ring (bicyclic) bond motifs is 2. The SMILES string of the molecule is Cc1ccccc1NCCN1CC2CCC1C2. The number of nitrogens with zero attached hydrogens (tertiary/aromatic N) is 1. The van der Waals surface area contributed by atoms with Gasteiger partial charge in [0.2, 0.25) is 0 Å². The van der Waals surface area contributed by atoms with E-state index in [1.54, 1.807) is 0 Å². The average Bonchev–Trinajstić information content (AvgIpc) is 2.94. The standard InChI is InChI=1S/C15H22N2/c1-12-4-2-3-5-15(12)16-8-9-17-11-13-6-7-14(17)10-13/h2-5,13-14,16H,6-11H2,1H3. The third-order valence-electron chi connectivity index (χ3n) is 4.38. The van der Waals surface area contributed by atoms with Crippen LogP contribution in [0.5, 0.6) is 0 Å². The molecule has 1 saturated heterocycles. The molecular weight excluding hydrogens is 208 g/mol. The van der Waals surface area contributed by atoms with Crippen LogP contribution in [0.4, 0.5) is 5.69 Å². The monoisotopic (exact) mass is 230 g/mol. The maximum absolute atomic E-state index is 3.56. The molecule has 1 aliphatic carbocycles. The summed E-state index contributed by atoms with van der Waals surface area (Å²) >= 11 is 0. The largest absolute Gasteiger partial charge is 0.384 e. The van der Waals surface area contributed by atoms with Crippen molar-refractivity contribution in [2.24, 2.45) is 5.92 Å². The summed E-state index contributed by atoms with van der Waals surface area (Å²) in [5, 5.41) is 3.56. The molecule has 1 N–H and O–H groups in total. The zero-order valence-electron chi connectivity index (χ0n) is 10.7. The van der Waals surface area contributed by atoms with Gasteiger partial charge in [0.05, 0.1) is 0 Å². The van der Waals surface area contributed by atoms with E-state index in [2.05, 4.69) is 41.4 Å². The third-order valence-corrected chi connectivity index (χ3v) is 4.38. The predicted octanol–water partition coefficient (Wildman–Crippen LogP) is 2.89. The van der Waals surface area contributed by atoms with Gasteiger partial charge in [-0.3, -0.25) is 4.90 Å². The minimum atomic E-state index is 0.902. The van der Waals surface area contributed by atoms with Gasteiger partial charge in [-0.15, -0.1) is 0 Å². The fraction of sp³-hybridized carbons (Fsp3) is 0.600. The Labute approximate surface area is 104 Å². The highest BCUT2D eigenvalue weighted by Gasteiger charge is 2.36. The molecule has 2 heteroatoms. The molecule has 92 valence electrons. The molecule has 17 heavy (non-hydrogen) atoms. The number of hydrogen-bond acceptors (Lipinski definition) is 2.